The van der Waals surface area contributed by atoms with Crippen molar-refractivity contribution in [2.45, 2.75) is 38.0 Å². The minimum Gasteiger partial charge on any atom is -0.290 e. The van der Waals surface area contributed by atoms with Crippen LogP contribution in [0.4, 0.5) is 4.39 Å². The molecule has 1 aromatic rings. The van der Waals surface area contributed by atoms with E-state index < -0.39 is 0 Å². The van der Waals surface area contributed by atoms with Gasteiger partial charge in [-0.05, 0) is 67.4 Å². The molecular weight excluding hydrogens is 263 g/mol. The fourth-order valence-electron chi connectivity index (χ4n) is 4.84. The van der Waals surface area contributed by atoms with Crippen LogP contribution in [0, 0.1) is 17.2 Å². The summed E-state index contributed by atoms with van der Waals surface area (Å²) in [6.07, 6.45) is 11.5. The highest BCUT2D eigenvalue weighted by Crippen LogP contribution is 2.61. The third-order valence-electron chi connectivity index (χ3n) is 5.74. The summed E-state index contributed by atoms with van der Waals surface area (Å²) in [7, 11) is 0. The smallest absolute Gasteiger partial charge is 0.178 e. The Morgan fingerprint density at radius 3 is 2.76 bits per heavy atom. The monoisotopic (exact) mass is 282 g/mol. The third kappa shape index (κ3) is 1.92. The van der Waals surface area contributed by atoms with Crippen LogP contribution in [-0.2, 0) is 4.79 Å². The fraction of sp³-hybridized carbons (Fsp3) is 0.421. The lowest BCUT2D eigenvalue weighted by molar-refractivity contribution is -0.110. The first-order chi connectivity index (χ1) is 10.2. The number of rotatable bonds is 1. The maximum atomic E-state index is 13.2. The number of carbonyl (C=O) groups is 1. The molecule has 4 rings (SSSR count). The van der Waals surface area contributed by atoms with Gasteiger partial charge in [0.2, 0.25) is 0 Å². The zero-order valence-corrected chi connectivity index (χ0v) is 12.0. The van der Waals surface area contributed by atoms with Crippen LogP contribution in [0.5, 0.6) is 0 Å². The molecule has 0 aliphatic heterocycles. The summed E-state index contributed by atoms with van der Waals surface area (Å²) in [6.45, 7) is 0. The molecule has 0 saturated heterocycles. The molecule has 108 valence electrons. The molecule has 1 aromatic carbocycles. The predicted octanol–water partition coefficient (Wildman–Crippen LogP) is 4.55. The number of hydrogen-bond donors (Lipinski definition) is 0. The number of ketones is 1. The van der Waals surface area contributed by atoms with Gasteiger partial charge in [0.25, 0.3) is 0 Å². The fourth-order valence-corrected chi connectivity index (χ4v) is 4.84. The van der Waals surface area contributed by atoms with Gasteiger partial charge in [0, 0.05) is 5.41 Å². The molecule has 0 aromatic heterocycles. The lowest BCUT2D eigenvalue weighted by Gasteiger charge is -2.46. The Morgan fingerprint density at radius 2 is 1.95 bits per heavy atom. The van der Waals surface area contributed by atoms with Crippen molar-refractivity contribution < 1.29 is 9.18 Å². The van der Waals surface area contributed by atoms with E-state index >= 15 is 0 Å². The minimum atomic E-state index is -0.167. The van der Waals surface area contributed by atoms with Gasteiger partial charge in [-0.2, -0.15) is 0 Å². The largest absolute Gasteiger partial charge is 0.290 e. The van der Waals surface area contributed by atoms with Crippen LogP contribution >= 0.6 is 0 Å². The van der Waals surface area contributed by atoms with Crippen molar-refractivity contribution in [2.24, 2.45) is 11.3 Å². The highest BCUT2D eigenvalue weighted by molar-refractivity contribution is 6.01. The van der Waals surface area contributed by atoms with Crippen molar-refractivity contribution >= 4 is 5.78 Å². The first-order valence-corrected chi connectivity index (χ1v) is 7.89. The first kappa shape index (κ1) is 13.0. The van der Waals surface area contributed by atoms with Gasteiger partial charge in [0.15, 0.2) is 5.78 Å². The summed E-state index contributed by atoms with van der Waals surface area (Å²) < 4.78 is 13.2. The lowest BCUT2D eigenvalue weighted by atomic mass is 9.58. The maximum Gasteiger partial charge on any atom is 0.178 e. The van der Waals surface area contributed by atoms with Crippen LogP contribution in [0.1, 0.15) is 43.6 Å². The number of allylic oxidation sites excluding steroid dienone is 4. The van der Waals surface area contributed by atoms with Crippen molar-refractivity contribution in [3.05, 3.63) is 59.4 Å². The van der Waals surface area contributed by atoms with Gasteiger partial charge in [-0.15, -0.1) is 0 Å². The standard InChI is InChI=1S/C19H19FO/c20-15-6-3-13(4-7-15)17-8-5-14-12-16(21)9-11-19(14)10-1-2-18(17)19/h3-4,6-7,9,11-12,17-18H,1-2,5,8,10H2/t17-,18-,19-/m0/s1. The van der Waals surface area contributed by atoms with Gasteiger partial charge >= 0.3 is 0 Å². The van der Waals surface area contributed by atoms with E-state index in [1.165, 1.54) is 24.0 Å². The van der Waals surface area contributed by atoms with Gasteiger partial charge in [-0.3, -0.25) is 4.79 Å². The second kappa shape index (κ2) is 4.66. The normalized spacial score (nSPS) is 34.3. The van der Waals surface area contributed by atoms with E-state index in [1.807, 2.05) is 18.2 Å². The summed E-state index contributed by atoms with van der Waals surface area (Å²) in [4.78, 5) is 11.7. The van der Waals surface area contributed by atoms with Crippen LogP contribution in [0.2, 0.25) is 0 Å². The van der Waals surface area contributed by atoms with Crippen LogP contribution in [0.3, 0.4) is 0 Å². The van der Waals surface area contributed by atoms with E-state index in [2.05, 4.69) is 6.08 Å². The molecule has 0 radical (unpaired) electrons. The van der Waals surface area contributed by atoms with Crippen molar-refractivity contribution in [2.75, 3.05) is 0 Å². The van der Waals surface area contributed by atoms with Crippen LogP contribution in [0.15, 0.2) is 48.1 Å². The summed E-state index contributed by atoms with van der Waals surface area (Å²) in [6, 6.07) is 7.03. The van der Waals surface area contributed by atoms with Crippen LogP contribution in [-0.4, -0.2) is 5.78 Å². The van der Waals surface area contributed by atoms with E-state index in [9.17, 15) is 9.18 Å². The Labute approximate surface area is 124 Å². The Kier molecular flexibility index (Phi) is 2.88. The Hall–Kier alpha value is -1.70. The van der Waals surface area contributed by atoms with Gasteiger partial charge in [0.1, 0.15) is 5.82 Å². The quantitative estimate of drug-likeness (QED) is 0.738. The predicted molar refractivity (Wildman–Crippen MR) is 80.4 cm³/mol. The van der Waals surface area contributed by atoms with Crippen molar-refractivity contribution in [1.29, 1.82) is 0 Å². The Morgan fingerprint density at radius 1 is 1.14 bits per heavy atom. The second-order valence-corrected chi connectivity index (χ2v) is 6.64. The van der Waals surface area contributed by atoms with Crippen molar-refractivity contribution in [3.63, 3.8) is 0 Å². The molecule has 21 heavy (non-hydrogen) atoms. The highest BCUT2D eigenvalue weighted by Gasteiger charge is 2.50. The highest BCUT2D eigenvalue weighted by atomic mass is 19.1. The van der Waals surface area contributed by atoms with Crippen molar-refractivity contribution in [1.82, 2.24) is 0 Å². The molecule has 3 aliphatic carbocycles. The maximum absolute atomic E-state index is 13.2. The molecule has 2 saturated carbocycles. The number of hydrogen-bond acceptors (Lipinski definition) is 1. The summed E-state index contributed by atoms with van der Waals surface area (Å²) >= 11 is 0. The summed E-state index contributed by atoms with van der Waals surface area (Å²) in [5.41, 5.74) is 2.70. The van der Waals surface area contributed by atoms with Gasteiger partial charge in [0.05, 0.1) is 0 Å². The van der Waals surface area contributed by atoms with E-state index in [0.29, 0.717) is 11.8 Å². The molecule has 3 aliphatic rings. The van der Waals surface area contributed by atoms with Gasteiger partial charge < -0.3 is 0 Å². The average molecular weight is 282 g/mol. The molecule has 1 spiro atoms. The molecule has 0 amide bonds. The van der Waals surface area contributed by atoms with E-state index in [1.54, 1.807) is 18.2 Å². The SMILES string of the molecule is O=C1C=C[C@]23CCC[C@H]2[C@H](c2ccc(F)cc2)CCC3=C1. The molecule has 0 unspecified atom stereocenters. The molecule has 3 atom stereocenters. The topological polar surface area (TPSA) is 17.1 Å². The van der Waals surface area contributed by atoms with Gasteiger partial charge in [-0.25, -0.2) is 4.39 Å². The van der Waals surface area contributed by atoms with E-state index in [-0.39, 0.29) is 17.0 Å². The molecule has 2 heteroatoms. The molecule has 0 N–H and O–H groups in total. The number of benzene rings is 1. The second-order valence-electron chi connectivity index (χ2n) is 6.64. The zero-order valence-electron chi connectivity index (χ0n) is 12.0. The molecule has 1 nitrogen and oxygen atoms in total. The van der Waals surface area contributed by atoms with Crippen LogP contribution < -0.4 is 0 Å². The lowest BCUT2D eigenvalue weighted by Crippen LogP contribution is -2.36. The van der Waals surface area contributed by atoms with Gasteiger partial charge in [-0.1, -0.05) is 30.2 Å². The number of halogens is 1. The minimum absolute atomic E-state index is 0.102. The Bertz CT molecular complexity index is 640. The zero-order chi connectivity index (χ0) is 14.4. The molecular formula is C19H19FO. The van der Waals surface area contributed by atoms with Crippen LogP contribution in [0.25, 0.3) is 0 Å². The number of carbonyl (C=O) groups excluding carboxylic acids is 1. The van der Waals surface area contributed by atoms with E-state index in [4.69, 9.17) is 0 Å². The third-order valence-corrected chi connectivity index (χ3v) is 5.74. The van der Waals surface area contributed by atoms with E-state index in [0.717, 1.165) is 19.3 Å². The summed E-state index contributed by atoms with van der Waals surface area (Å²) in [5.74, 6) is 1.02. The molecule has 0 bridgehead atoms. The molecule has 2 fully saturated rings. The van der Waals surface area contributed by atoms with Crippen molar-refractivity contribution in [3.8, 4) is 0 Å². The first-order valence-electron chi connectivity index (χ1n) is 7.89. The molecule has 0 heterocycles. The Balaban J connectivity index is 1.74. The summed E-state index contributed by atoms with van der Waals surface area (Å²) in [5, 5.41) is 0. The average Bonchev–Trinajstić information content (AvgIpc) is 2.92.